The Balaban J connectivity index is 1.70. The first kappa shape index (κ1) is 14.9. The minimum atomic E-state index is 0.721. The van der Waals surface area contributed by atoms with Crippen LogP contribution in [0.2, 0.25) is 0 Å². The summed E-state index contributed by atoms with van der Waals surface area (Å²) in [5, 5.41) is 3.35. The van der Waals surface area contributed by atoms with Crippen LogP contribution in [0.4, 0.5) is 0 Å². The van der Waals surface area contributed by atoms with Crippen molar-refractivity contribution in [2.75, 3.05) is 33.0 Å². The molecule has 1 aromatic rings. The molecule has 1 aliphatic rings. The normalized spacial score (nSPS) is 13.8. The molecule has 0 aromatic heterocycles. The molecule has 0 amide bonds. The molecular formula is C16H23NO3. The minimum Gasteiger partial charge on any atom is -0.490 e. The number of rotatable bonds is 8. The van der Waals surface area contributed by atoms with Gasteiger partial charge in [0, 0.05) is 19.5 Å². The zero-order valence-electron chi connectivity index (χ0n) is 11.9. The number of benzene rings is 1. The van der Waals surface area contributed by atoms with Crippen molar-refractivity contribution >= 4 is 0 Å². The molecule has 0 radical (unpaired) electrons. The largest absolute Gasteiger partial charge is 0.490 e. The maximum Gasteiger partial charge on any atom is 0.161 e. The van der Waals surface area contributed by atoms with E-state index >= 15 is 0 Å². The SMILES string of the molecule is C=CCCOCCNCc1ccc2c(c1)OCCCO2. The van der Waals surface area contributed by atoms with E-state index in [4.69, 9.17) is 14.2 Å². The Hall–Kier alpha value is -1.52. The molecule has 0 unspecified atom stereocenters. The molecule has 1 aromatic carbocycles. The summed E-state index contributed by atoms with van der Waals surface area (Å²) in [6.45, 7) is 8.22. The average molecular weight is 277 g/mol. The van der Waals surface area contributed by atoms with Crippen molar-refractivity contribution in [1.82, 2.24) is 5.32 Å². The second-order valence-corrected chi connectivity index (χ2v) is 4.70. The fraction of sp³-hybridized carbons (Fsp3) is 0.500. The Kier molecular flexibility index (Phi) is 6.41. The molecule has 110 valence electrons. The molecule has 0 spiro atoms. The van der Waals surface area contributed by atoms with Gasteiger partial charge in [0.25, 0.3) is 0 Å². The van der Waals surface area contributed by atoms with Crippen LogP contribution in [0.3, 0.4) is 0 Å². The van der Waals surface area contributed by atoms with Crippen molar-refractivity contribution in [3.05, 3.63) is 36.4 Å². The van der Waals surface area contributed by atoms with Gasteiger partial charge in [0.15, 0.2) is 11.5 Å². The van der Waals surface area contributed by atoms with Gasteiger partial charge >= 0.3 is 0 Å². The molecule has 0 bridgehead atoms. The van der Waals surface area contributed by atoms with Gasteiger partial charge in [-0.15, -0.1) is 6.58 Å². The lowest BCUT2D eigenvalue weighted by atomic mass is 10.2. The van der Waals surface area contributed by atoms with E-state index < -0.39 is 0 Å². The maximum atomic E-state index is 5.67. The molecule has 4 nitrogen and oxygen atoms in total. The van der Waals surface area contributed by atoms with Crippen LogP contribution in [-0.4, -0.2) is 33.0 Å². The van der Waals surface area contributed by atoms with Gasteiger partial charge in [-0.25, -0.2) is 0 Å². The zero-order chi connectivity index (χ0) is 14.0. The van der Waals surface area contributed by atoms with Crippen molar-refractivity contribution in [2.45, 2.75) is 19.4 Å². The second kappa shape index (κ2) is 8.61. The summed E-state index contributed by atoms with van der Waals surface area (Å²) in [4.78, 5) is 0. The van der Waals surface area contributed by atoms with Crippen molar-refractivity contribution in [3.8, 4) is 11.5 Å². The highest BCUT2D eigenvalue weighted by Crippen LogP contribution is 2.30. The lowest BCUT2D eigenvalue weighted by molar-refractivity contribution is 0.140. The standard InChI is InChI=1S/C16H23NO3/c1-2-3-8-18-11-7-17-13-14-5-6-15-16(12-14)20-10-4-9-19-15/h2,5-6,12,17H,1,3-4,7-11,13H2. The van der Waals surface area contributed by atoms with Crippen molar-refractivity contribution in [1.29, 1.82) is 0 Å². The number of hydrogen-bond acceptors (Lipinski definition) is 4. The summed E-state index contributed by atoms with van der Waals surface area (Å²) in [6, 6.07) is 6.10. The van der Waals surface area contributed by atoms with Gasteiger partial charge in [-0.1, -0.05) is 12.1 Å². The predicted molar refractivity (Wildman–Crippen MR) is 79.4 cm³/mol. The van der Waals surface area contributed by atoms with E-state index in [1.165, 1.54) is 5.56 Å². The van der Waals surface area contributed by atoms with E-state index in [-0.39, 0.29) is 0 Å². The van der Waals surface area contributed by atoms with Crippen LogP contribution in [0.25, 0.3) is 0 Å². The molecule has 4 heteroatoms. The predicted octanol–water partition coefficient (Wildman–Crippen LogP) is 2.53. The highest BCUT2D eigenvalue weighted by molar-refractivity contribution is 5.43. The number of ether oxygens (including phenoxy) is 3. The molecule has 1 aliphatic heterocycles. The van der Waals surface area contributed by atoms with Crippen LogP contribution in [0, 0.1) is 0 Å². The van der Waals surface area contributed by atoms with E-state index in [2.05, 4.69) is 18.0 Å². The summed E-state index contributed by atoms with van der Waals surface area (Å²) >= 11 is 0. The van der Waals surface area contributed by atoms with Crippen LogP contribution in [0.5, 0.6) is 11.5 Å². The van der Waals surface area contributed by atoms with Crippen molar-refractivity contribution in [2.24, 2.45) is 0 Å². The van der Waals surface area contributed by atoms with Gasteiger partial charge in [0.2, 0.25) is 0 Å². The van der Waals surface area contributed by atoms with Crippen molar-refractivity contribution < 1.29 is 14.2 Å². The lowest BCUT2D eigenvalue weighted by Crippen LogP contribution is -2.19. The summed E-state index contributed by atoms with van der Waals surface area (Å²) < 4.78 is 16.7. The third kappa shape index (κ3) is 4.87. The molecule has 2 rings (SSSR count). The van der Waals surface area contributed by atoms with E-state index in [0.29, 0.717) is 0 Å². The topological polar surface area (TPSA) is 39.7 Å². The molecule has 20 heavy (non-hydrogen) atoms. The molecular weight excluding hydrogens is 254 g/mol. The third-order valence-electron chi connectivity index (χ3n) is 3.03. The molecule has 0 saturated carbocycles. The van der Waals surface area contributed by atoms with Crippen LogP contribution in [0.1, 0.15) is 18.4 Å². The first-order valence-corrected chi connectivity index (χ1v) is 7.18. The summed E-state index contributed by atoms with van der Waals surface area (Å²) in [6.07, 6.45) is 3.71. The zero-order valence-corrected chi connectivity index (χ0v) is 11.9. The van der Waals surface area contributed by atoms with Gasteiger partial charge < -0.3 is 19.5 Å². The lowest BCUT2D eigenvalue weighted by Gasteiger charge is -2.10. The van der Waals surface area contributed by atoms with Gasteiger partial charge in [0.05, 0.1) is 26.4 Å². The highest BCUT2D eigenvalue weighted by Gasteiger charge is 2.10. The fourth-order valence-corrected chi connectivity index (χ4v) is 1.96. The monoisotopic (exact) mass is 277 g/mol. The number of hydrogen-bond donors (Lipinski definition) is 1. The molecule has 1 heterocycles. The van der Waals surface area contributed by atoms with Gasteiger partial charge in [-0.2, -0.15) is 0 Å². The maximum absolute atomic E-state index is 5.67. The molecule has 1 N–H and O–H groups in total. The molecule has 0 atom stereocenters. The van der Waals surface area contributed by atoms with E-state index in [0.717, 1.165) is 63.9 Å². The Labute approximate surface area is 120 Å². The molecule has 0 aliphatic carbocycles. The van der Waals surface area contributed by atoms with Crippen LogP contribution in [-0.2, 0) is 11.3 Å². The van der Waals surface area contributed by atoms with E-state index in [9.17, 15) is 0 Å². The van der Waals surface area contributed by atoms with Crippen LogP contribution < -0.4 is 14.8 Å². The van der Waals surface area contributed by atoms with Crippen LogP contribution >= 0.6 is 0 Å². The first-order valence-electron chi connectivity index (χ1n) is 7.18. The number of fused-ring (bicyclic) bond motifs is 1. The Bertz CT molecular complexity index is 420. The highest BCUT2D eigenvalue weighted by atomic mass is 16.5. The quantitative estimate of drug-likeness (QED) is 0.585. The van der Waals surface area contributed by atoms with Gasteiger partial charge in [-0.3, -0.25) is 0 Å². The van der Waals surface area contributed by atoms with Gasteiger partial charge in [0.1, 0.15) is 0 Å². The van der Waals surface area contributed by atoms with Crippen LogP contribution in [0.15, 0.2) is 30.9 Å². The summed E-state index contributed by atoms with van der Waals surface area (Å²) in [7, 11) is 0. The fourth-order valence-electron chi connectivity index (χ4n) is 1.96. The van der Waals surface area contributed by atoms with Gasteiger partial charge in [-0.05, 0) is 24.1 Å². The third-order valence-corrected chi connectivity index (χ3v) is 3.03. The van der Waals surface area contributed by atoms with E-state index in [1.807, 2.05) is 18.2 Å². The number of nitrogens with one attached hydrogen (secondary N) is 1. The Morgan fingerprint density at radius 1 is 1.20 bits per heavy atom. The molecule has 0 fully saturated rings. The van der Waals surface area contributed by atoms with Crippen molar-refractivity contribution in [3.63, 3.8) is 0 Å². The van der Waals surface area contributed by atoms with E-state index in [1.54, 1.807) is 0 Å². The Morgan fingerprint density at radius 2 is 2.05 bits per heavy atom. The smallest absolute Gasteiger partial charge is 0.161 e. The minimum absolute atomic E-state index is 0.721. The molecule has 0 saturated heterocycles. The average Bonchev–Trinajstić information content (AvgIpc) is 2.71. The first-order chi connectivity index (χ1) is 9.90. The second-order valence-electron chi connectivity index (χ2n) is 4.70. The summed E-state index contributed by atoms with van der Waals surface area (Å²) in [5.41, 5.74) is 1.19. The Morgan fingerprint density at radius 3 is 2.90 bits per heavy atom. The summed E-state index contributed by atoms with van der Waals surface area (Å²) in [5.74, 6) is 1.70.